The van der Waals surface area contributed by atoms with Gasteiger partial charge in [0.05, 0.1) is 6.04 Å². The maximum atomic E-state index is 12.1. The van der Waals surface area contributed by atoms with Crippen molar-refractivity contribution < 1.29 is 14.8 Å². The lowest BCUT2D eigenvalue weighted by atomic mass is 10.1. The quantitative estimate of drug-likeness (QED) is 0.497. The zero-order valence-corrected chi connectivity index (χ0v) is 12.7. The molecule has 6 heteroatoms. The van der Waals surface area contributed by atoms with E-state index < -0.39 is 11.9 Å². The third kappa shape index (κ3) is 4.64. The molecule has 0 aliphatic heterocycles. The summed E-state index contributed by atoms with van der Waals surface area (Å²) in [5.74, 6) is -0.823. The Balaban J connectivity index is 1.98. The summed E-state index contributed by atoms with van der Waals surface area (Å²) in [4.78, 5) is 23.3. The summed E-state index contributed by atoms with van der Waals surface area (Å²) in [6.07, 6.45) is 0.290. The van der Waals surface area contributed by atoms with E-state index in [2.05, 4.69) is 5.32 Å². The van der Waals surface area contributed by atoms with Crippen LogP contribution in [0.5, 0.6) is 0 Å². The fourth-order valence-corrected chi connectivity index (χ4v) is 2.06. The fraction of sp³-hybridized carbons (Fsp3) is 0.176. The Bertz CT molecular complexity index is 681. The van der Waals surface area contributed by atoms with Crippen LogP contribution in [0.15, 0.2) is 48.5 Å². The molecule has 0 spiro atoms. The number of nitrogens with one attached hydrogen (secondary N) is 2. The number of rotatable bonds is 5. The van der Waals surface area contributed by atoms with Gasteiger partial charge in [0, 0.05) is 11.3 Å². The number of nitrogens with two attached hydrogens (primary N) is 1. The summed E-state index contributed by atoms with van der Waals surface area (Å²) in [5.41, 5.74) is 10.3. The molecule has 0 fully saturated rings. The largest absolute Gasteiger partial charge is 0.322 e. The molecule has 5 N–H and O–H groups in total. The summed E-state index contributed by atoms with van der Waals surface area (Å²) in [7, 11) is 0. The topological polar surface area (TPSA) is 104 Å². The monoisotopic (exact) mass is 313 g/mol. The van der Waals surface area contributed by atoms with Crippen molar-refractivity contribution >= 4 is 17.5 Å². The van der Waals surface area contributed by atoms with Gasteiger partial charge in [0.1, 0.15) is 0 Å². The molecular weight excluding hydrogens is 294 g/mol. The first-order valence-corrected chi connectivity index (χ1v) is 7.16. The van der Waals surface area contributed by atoms with Crippen molar-refractivity contribution in [2.75, 3.05) is 5.32 Å². The zero-order chi connectivity index (χ0) is 16.8. The van der Waals surface area contributed by atoms with Crippen LogP contribution in [0.1, 0.15) is 21.5 Å². The molecule has 0 aliphatic carbocycles. The van der Waals surface area contributed by atoms with E-state index in [0.717, 1.165) is 11.1 Å². The van der Waals surface area contributed by atoms with Crippen molar-refractivity contribution in [3.8, 4) is 0 Å². The number of amides is 2. The number of hydroxylamine groups is 1. The van der Waals surface area contributed by atoms with E-state index in [0.29, 0.717) is 17.7 Å². The van der Waals surface area contributed by atoms with Gasteiger partial charge in [-0.1, -0.05) is 29.8 Å². The first kappa shape index (κ1) is 16.7. The average Bonchev–Trinajstić information content (AvgIpc) is 2.56. The Morgan fingerprint density at radius 2 is 1.70 bits per heavy atom. The molecule has 2 amide bonds. The first-order valence-electron chi connectivity index (χ1n) is 7.16. The summed E-state index contributed by atoms with van der Waals surface area (Å²) in [5, 5.41) is 11.3. The van der Waals surface area contributed by atoms with Gasteiger partial charge in [0.15, 0.2) is 0 Å². The van der Waals surface area contributed by atoms with Crippen LogP contribution in [0.2, 0.25) is 0 Å². The molecule has 2 aromatic carbocycles. The van der Waals surface area contributed by atoms with Gasteiger partial charge >= 0.3 is 0 Å². The minimum atomic E-state index is -0.826. The molecule has 1 atom stereocenters. The molecule has 0 bridgehead atoms. The minimum absolute atomic E-state index is 0.186. The number of aryl methyl sites for hydroxylation is 1. The van der Waals surface area contributed by atoms with Crippen LogP contribution in [-0.2, 0) is 11.2 Å². The molecular formula is C17H19N3O3. The lowest BCUT2D eigenvalue weighted by molar-refractivity contribution is -0.130. The van der Waals surface area contributed by atoms with Gasteiger partial charge in [-0.25, -0.2) is 5.48 Å². The Hall–Kier alpha value is -2.70. The predicted molar refractivity (Wildman–Crippen MR) is 87.2 cm³/mol. The number of anilines is 1. The van der Waals surface area contributed by atoms with Crippen LogP contribution in [-0.4, -0.2) is 23.1 Å². The van der Waals surface area contributed by atoms with E-state index in [1.807, 2.05) is 19.1 Å². The standard InChI is InChI=1S/C17H19N3O3/c1-11-2-6-13(7-3-11)16(21)19-14-8-4-12(5-9-14)10-15(18)17(22)20-23/h2-9,15,23H,10,18H2,1H3,(H,19,21)(H,20,22). The SMILES string of the molecule is Cc1ccc(C(=O)Nc2ccc(CC(N)C(=O)NO)cc2)cc1. The molecule has 120 valence electrons. The van der Waals surface area contributed by atoms with Crippen molar-refractivity contribution in [2.24, 2.45) is 5.73 Å². The number of benzene rings is 2. The Labute approximate surface area is 134 Å². The van der Waals surface area contributed by atoms with Gasteiger partial charge in [0.25, 0.3) is 11.8 Å². The number of hydrogen-bond acceptors (Lipinski definition) is 4. The van der Waals surface area contributed by atoms with E-state index in [9.17, 15) is 9.59 Å². The highest BCUT2D eigenvalue weighted by Gasteiger charge is 2.13. The van der Waals surface area contributed by atoms with Crippen molar-refractivity contribution in [2.45, 2.75) is 19.4 Å². The van der Waals surface area contributed by atoms with Gasteiger partial charge in [-0.2, -0.15) is 0 Å². The van der Waals surface area contributed by atoms with Gasteiger partial charge in [-0.05, 0) is 43.2 Å². The van der Waals surface area contributed by atoms with Gasteiger partial charge in [-0.3, -0.25) is 14.8 Å². The van der Waals surface area contributed by atoms with Gasteiger partial charge < -0.3 is 11.1 Å². The van der Waals surface area contributed by atoms with Crippen molar-refractivity contribution in [3.63, 3.8) is 0 Å². The molecule has 1 unspecified atom stereocenters. The highest BCUT2D eigenvalue weighted by Crippen LogP contribution is 2.13. The van der Waals surface area contributed by atoms with Crippen molar-refractivity contribution in [1.82, 2.24) is 5.48 Å². The third-order valence-electron chi connectivity index (χ3n) is 3.43. The molecule has 0 saturated heterocycles. The minimum Gasteiger partial charge on any atom is -0.322 e. The van der Waals surface area contributed by atoms with Crippen LogP contribution < -0.4 is 16.5 Å². The molecule has 0 saturated carbocycles. The predicted octanol–water partition coefficient (Wildman–Crippen LogP) is 1.62. The first-order chi connectivity index (χ1) is 11.0. The highest BCUT2D eigenvalue weighted by molar-refractivity contribution is 6.04. The summed E-state index contributed by atoms with van der Waals surface area (Å²) >= 11 is 0. The van der Waals surface area contributed by atoms with Crippen LogP contribution in [0.3, 0.4) is 0 Å². The lowest BCUT2D eigenvalue weighted by Crippen LogP contribution is -2.40. The Morgan fingerprint density at radius 3 is 2.26 bits per heavy atom. The summed E-state index contributed by atoms with van der Waals surface area (Å²) in [6, 6.07) is 13.5. The molecule has 0 aromatic heterocycles. The molecule has 23 heavy (non-hydrogen) atoms. The van der Waals surface area contributed by atoms with Gasteiger partial charge in [0.2, 0.25) is 0 Å². The van der Waals surface area contributed by atoms with Crippen LogP contribution in [0.4, 0.5) is 5.69 Å². The van der Waals surface area contributed by atoms with E-state index >= 15 is 0 Å². The second kappa shape index (κ2) is 7.53. The molecule has 0 heterocycles. The number of carbonyl (C=O) groups is 2. The summed E-state index contributed by atoms with van der Waals surface area (Å²) < 4.78 is 0. The molecule has 0 aliphatic rings. The zero-order valence-electron chi connectivity index (χ0n) is 12.7. The average molecular weight is 313 g/mol. The third-order valence-corrected chi connectivity index (χ3v) is 3.43. The Kier molecular flexibility index (Phi) is 5.46. The number of carbonyl (C=O) groups excluding carboxylic acids is 2. The fourth-order valence-electron chi connectivity index (χ4n) is 2.06. The van der Waals surface area contributed by atoms with E-state index in [1.54, 1.807) is 36.4 Å². The highest BCUT2D eigenvalue weighted by atomic mass is 16.5. The maximum absolute atomic E-state index is 12.1. The molecule has 2 rings (SSSR count). The molecule has 2 aromatic rings. The smallest absolute Gasteiger partial charge is 0.260 e. The van der Waals surface area contributed by atoms with Gasteiger partial charge in [-0.15, -0.1) is 0 Å². The van der Waals surface area contributed by atoms with Crippen molar-refractivity contribution in [3.05, 3.63) is 65.2 Å². The normalized spacial score (nSPS) is 11.6. The van der Waals surface area contributed by atoms with E-state index in [1.165, 1.54) is 5.48 Å². The van der Waals surface area contributed by atoms with E-state index in [-0.39, 0.29) is 5.91 Å². The van der Waals surface area contributed by atoms with Crippen LogP contribution >= 0.6 is 0 Å². The second-order valence-corrected chi connectivity index (χ2v) is 5.30. The van der Waals surface area contributed by atoms with Crippen LogP contribution in [0.25, 0.3) is 0 Å². The van der Waals surface area contributed by atoms with Crippen molar-refractivity contribution in [1.29, 1.82) is 0 Å². The van der Waals surface area contributed by atoms with E-state index in [4.69, 9.17) is 10.9 Å². The molecule has 6 nitrogen and oxygen atoms in total. The number of hydrogen-bond donors (Lipinski definition) is 4. The summed E-state index contributed by atoms with van der Waals surface area (Å²) in [6.45, 7) is 1.96. The Morgan fingerprint density at radius 1 is 1.09 bits per heavy atom. The lowest BCUT2D eigenvalue weighted by Gasteiger charge is -2.10. The maximum Gasteiger partial charge on any atom is 0.260 e. The molecule has 0 radical (unpaired) electrons. The van der Waals surface area contributed by atoms with Crippen LogP contribution in [0, 0.1) is 6.92 Å². The second-order valence-electron chi connectivity index (χ2n) is 5.30.